The molecule has 0 fully saturated rings. The molecule has 5 heteroatoms. The van der Waals surface area contributed by atoms with E-state index in [-0.39, 0.29) is 0 Å². The minimum absolute atomic E-state index is 0.593. The molecule has 11 rings (SSSR count). The van der Waals surface area contributed by atoms with Gasteiger partial charge in [0.2, 0.25) is 0 Å². The molecule has 3 heterocycles. The summed E-state index contributed by atoms with van der Waals surface area (Å²) in [5.41, 5.74) is 12.8. The molecule has 254 valence electrons. The molecular weight excluding hydrogens is 671 g/mol. The summed E-state index contributed by atoms with van der Waals surface area (Å²) < 4.78 is 6.88. The highest BCUT2D eigenvalue weighted by Gasteiger charge is 2.18. The highest BCUT2D eigenvalue weighted by atomic mass is 15.0. The van der Waals surface area contributed by atoms with Gasteiger partial charge in [-0.15, -0.1) is 0 Å². The fourth-order valence-electron chi connectivity index (χ4n) is 8.72. The molecule has 0 aliphatic carbocycles. The van der Waals surface area contributed by atoms with E-state index in [1.54, 1.807) is 0 Å². The minimum Gasteiger partial charge on any atom is -0.311 e. The lowest BCUT2D eigenvalue weighted by molar-refractivity contribution is 1.15. The van der Waals surface area contributed by atoms with E-state index in [9.17, 15) is 5.26 Å². The maximum absolute atomic E-state index is 10.4. The van der Waals surface area contributed by atoms with Gasteiger partial charge >= 0.3 is 0 Å². The third-order valence-electron chi connectivity index (χ3n) is 11.1. The Labute approximate surface area is 316 Å². The van der Waals surface area contributed by atoms with Crippen LogP contribution in [0, 0.1) is 17.9 Å². The van der Waals surface area contributed by atoms with E-state index >= 15 is 0 Å². The molecule has 0 aliphatic heterocycles. The van der Waals surface area contributed by atoms with Crippen molar-refractivity contribution in [1.29, 1.82) is 5.26 Å². The van der Waals surface area contributed by atoms with Gasteiger partial charge < -0.3 is 13.7 Å². The van der Waals surface area contributed by atoms with Crippen molar-refractivity contribution in [3.63, 3.8) is 0 Å². The number of para-hydroxylation sites is 4. The van der Waals surface area contributed by atoms with Crippen molar-refractivity contribution >= 4 is 71.1 Å². The van der Waals surface area contributed by atoms with Gasteiger partial charge in [-0.1, -0.05) is 103 Å². The van der Waals surface area contributed by atoms with E-state index in [4.69, 9.17) is 6.57 Å². The lowest BCUT2D eigenvalue weighted by Crippen LogP contribution is -1.98. The summed E-state index contributed by atoms with van der Waals surface area (Å²) in [5, 5.41) is 17.1. The minimum atomic E-state index is 0.593. The van der Waals surface area contributed by atoms with E-state index in [0.717, 1.165) is 82.8 Å². The molecule has 0 spiro atoms. The molecule has 11 aromatic rings. The highest BCUT2D eigenvalue weighted by molar-refractivity contribution is 6.15. The molecule has 0 saturated heterocycles. The predicted octanol–water partition coefficient (Wildman–Crippen LogP) is 13.1. The van der Waals surface area contributed by atoms with E-state index in [2.05, 4.69) is 164 Å². The summed E-state index contributed by atoms with van der Waals surface area (Å²) in [5.74, 6) is 0. The van der Waals surface area contributed by atoms with Gasteiger partial charge in [0.25, 0.3) is 0 Å². The summed E-state index contributed by atoms with van der Waals surface area (Å²) in [6.45, 7) is 7.82. The fraction of sp³-hybridized carbons (Fsp3) is 0. The van der Waals surface area contributed by atoms with Gasteiger partial charge in [-0.25, -0.2) is 4.85 Å². The quantitative estimate of drug-likeness (QED) is 0.169. The zero-order chi connectivity index (χ0) is 36.6. The molecule has 0 atom stereocenters. The Morgan fingerprint density at radius 3 is 1.53 bits per heavy atom. The molecule has 0 N–H and O–H groups in total. The maximum Gasteiger partial charge on any atom is 0.197 e. The van der Waals surface area contributed by atoms with Crippen molar-refractivity contribution in [1.82, 2.24) is 13.7 Å². The van der Waals surface area contributed by atoms with Crippen molar-refractivity contribution in [3.05, 3.63) is 193 Å². The molecule has 55 heavy (non-hydrogen) atoms. The van der Waals surface area contributed by atoms with Gasteiger partial charge in [0.05, 0.1) is 45.8 Å². The summed E-state index contributed by atoms with van der Waals surface area (Å²) >= 11 is 0. The first-order chi connectivity index (χ1) is 27.2. The van der Waals surface area contributed by atoms with Crippen molar-refractivity contribution in [3.8, 4) is 34.3 Å². The number of hydrogen-bond donors (Lipinski definition) is 0. The first-order valence-corrected chi connectivity index (χ1v) is 18.3. The third kappa shape index (κ3) is 4.51. The smallest absolute Gasteiger partial charge is 0.197 e. The van der Waals surface area contributed by atoms with Gasteiger partial charge in [0.15, 0.2) is 5.69 Å². The SMILES string of the molecule is [C-]#[N+]c1cccc2c1c1ccccc1n2-c1ccc(-c2cc(C#N)cc(-n3c4ccccc4c4ccc(-n5c6ccccc6c6ccccc65)cc43)c2)cc1. The van der Waals surface area contributed by atoms with Crippen LogP contribution < -0.4 is 0 Å². The monoisotopic (exact) mass is 699 g/mol. The van der Waals surface area contributed by atoms with Crippen molar-refractivity contribution in [2.24, 2.45) is 0 Å². The molecule has 0 radical (unpaired) electrons. The van der Waals surface area contributed by atoms with Crippen molar-refractivity contribution in [2.45, 2.75) is 0 Å². The Morgan fingerprint density at radius 2 is 0.909 bits per heavy atom. The summed E-state index contributed by atoms with van der Waals surface area (Å²) in [4.78, 5) is 3.84. The van der Waals surface area contributed by atoms with Gasteiger partial charge in [0.1, 0.15) is 0 Å². The number of nitrogens with zero attached hydrogens (tertiary/aromatic N) is 5. The third-order valence-corrected chi connectivity index (χ3v) is 11.1. The van der Waals surface area contributed by atoms with E-state index in [1.165, 1.54) is 10.8 Å². The maximum atomic E-state index is 10.4. The number of rotatable bonds is 4. The summed E-state index contributed by atoms with van der Waals surface area (Å²) in [7, 11) is 0. The zero-order valence-electron chi connectivity index (χ0n) is 29.5. The Hall–Kier alpha value is -7.86. The van der Waals surface area contributed by atoms with Crippen LogP contribution in [0.5, 0.6) is 0 Å². The number of fused-ring (bicyclic) bond motifs is 9. The van der Waals surface area contributed by atoms with Gasteiger partial charge in [-0.3, -0.25) is 0 Å². The molecule has 0 unspecified atom stereocenters. The zero-order valence-corrected chi connectivity index (χ0v) is 29.5. The molecule has 5 nitrogen and oxygen atoms in total. The topological polar surface area (TPSA) is 42.9 Å². The second-order valence-corrected chi connectivity index (χ2v) is 14.0. The Balaban J connectivity index is 1.09. The number of hydrogen-bond acceptors (Lipinski definition) is 1. The fourth-order valence-corrected chi connectivity index (χ4v) is 8.72. The van der Waals surface area contributed by atoms with Crippen molar-refractivity contribution < 1.29 is 0 Å². The van der Waals surface area contributed by atoms with E-state index in [1.807, 2.05) is 36.4 Å². The van der Waals surface area contributed by atoms with Crippen LogP contribution in [-0.4, -0.2) is 13.7 Å². The lowest BCUT2D eigenvalue weighted by Gasteiger charge is -2.14. The Bertz CT molecular complexity index is 3400. The van der Waals surface area contributed by atoms with Crippen molar-refractivity contribution in [2.75, 3.05) is 0 Å². The van der Waals surface area contributed by atoms with Crippen LogP contribution in [0.3, 0.4) is 0 Å². The Morgan fingerprint density at radius 1 is 0.400 bits per heavy atom. The predicted molar refractivity (Wildman–Crippen MR) is 226 cm³/mol. The van der Waals surface area contributed by atoms with Crippen LogP contribution >= 0.6 is 0 Å². The van der Waals surface area contributed by atoms with E-state index < -0.39 is 0 Å². The van der Waals surface area contributed by atoms with Gasteiger partial charge in [-0.05, 0) is 89.3 Å². The summed E-state index contributed by atoms with van der Waals surface area (Å²) in [6, 6.07) is 63.7. The molecule has 8 aromatic carbocycles. The van der Waals surface area contributed by atoms with Crippen LogP contribution in [0.15, 0.2) is 176 Å². The largest absolute Gasteiger partial charge is 0.311 e. The molecule has 0 aliphatic rings. The summed E-state index contributed by atoms with van der Waals surface area (Å²) in [6.07, 6.45) is 0. The van der Waals surface area contributed by atoms with Crippen LogP contribution in [0.2, 0.25) is 0 Å². The number of benzene rings is 8. The number of aromatic nitrogens is 3. The molecule has 0 amide bonds. The normalized spacial score (nSPS) is 11.6. The average Bonchev–Trinajstić information content (AvgIpc) is 3.89. The van der Waals surface area contributed by atoms with E-state index in [0.29, 0.717) is 11.3 Å². The Kier molecular flexibility index (Phi) is 6.61. The van der Waals surface area contributed by atoms with Crippen LogP contribution in [0.4, 0.5) is 5.69 Å². The molecule has 3 aromatic heterocycles. The average molecular weight is 700 g/mol. The van der Waals surface area contributed by atoms with Gasteiger partial charge in [0, 0.05) is 49.5 Å². The lowest BCUT2D eigenvalue weighted by atomic mass is 10.0. The molecular formula is C50H29N5. The first kappa shape index (κ1) is 30.7. The van der Waals surface area contributed by atoms with Gasteiger partial charge in [-0.2, -0.15) is 5.26 Å². The number of nitriles is 1. The highest BCUT2D eigenvalue weighted by Crippen LogP contribution is 2.40. The second kappa shape index (κ2) is 11.8. The van der Waals surface area contributed by atoms with Crippen LogP contribution in [0.25, 0.3) is 98.5 Å². The molecule has 0 bridgehead atoms. The second-order valence-electron chi connectivity index (χ2n) is 14.0. The first-order valence-electron chi connectivity index (χ1n) is 18.3. The standard InChI is InChI=1S/C50H29N5/c1-52-43-15-10-20-48-50(43)42-14-5-9-19-47(42)53(48)35-23-21-33(22-24-35)34-27-32(31-51)28-37(29-34)55-46-18-8-4-13-40(46)41-26-25-36(30-49(41)55)54-44-16-6-2-11-38(44)39-12-3-7-17-45(39)54/h2-30H. The molecule has 0 saturated carbocycles. The van der Waals surface area contributed by atoms with Crippen LogP contribution in [0.1, 0.15) is 5.56 Å². The van der Waals surface area contributed by atoms with Crippen LogP contribution in [-0.2, 0) is 0 Å².